The van der Waals surface area contributed by atoms with Crippen molar-refractivity contribution < 1.29 is 24.2 Å². The highest BCUT2D eigenvalue weighted by atomic mass is 16.6. The molecule has 0 bridgehead atoms. The highest BCUT2D eigenvalue weighted by molar-refractivity contribution is 5.80. The number of nitrogens with zero attached hydrogens (tertiary/aromatic N) is 5. The summed E-state index contributed by atoms with van der Waals surface area (Å²) in [6, 6.07) is 8.85. The lowest BCUT2D eigenvalue weighted by Crippen LogP contribution is -2.56. The number of hydrogen-bond acceptors (Lipinski definition) is 7. The van der Waals surface area contributed by atoms with Crippen LogP contribution in [0.15, 0.2) is 42.7 Å². The maximum absolute atomic E-state index is 12.8. The molecule has 1 amide bonds. The summed E-state index contributed by atoms with van der Waals surface area (Å²) in [5, 5.41) is 24.3. The Labute approximate surface area is 214 Å². The fourth-order valence-corrected chi connectivity index (χ4v) is 5.39. The number of amides is 1. The lowest BCUT2D eigenvalue weighted by atomic mass is 9.72. The molecule has 3 heterocycles. The molecular weight excluding hydrogens is 476 g/mol. The largest absolute Gasteiger partial charge is 0.490 e. The predicted molar refractivity (Wildman–Crippen MR) is 133 cm³/mol. The summed E-state index contributed by atoms with van der Waals surface area (Å²) in [4.78, 5) is 26.3. The molecule has 5 rings (SSSR count). The van der Waals surface area contributed by atoms with Gasteiger partial charge < -0.3 is 19.1 Å². The van der Waals surface area contributed by atoms with Gasteiger partial charge in [-0.15, -0.1) is 10.2 Å². The minimum absolute atomic E-state index is 0.102. The molecule has 2 N–H and O–H groups in total. The number of tetrazole rings is 1. The Morgan fingerprint density at radius 2 is 1.89 bits per heavy atom. The van der Waals surface area contributed by atoms with E-state index in [4.69, 9.17) is 9.47 Å². The number of carboxylic acid groups (broad SMARTS) is 1. The van der Waals surface area contributed by atoms with Gasteiger partial charge >= 0.3 is 12.1 Å². The fourth-order valence-electron chi connectivity index (χ4n) is 5.39. The number of H-pyrrole nitrogens is 1. The van der Waals surface area contributed by atoms with Gasteiger partial charge in [-0.25, -0.2) is 9.59 Å². The van der Waals surface area contributed by atoms with Crippen molar-refractivity contribution in [3.63, 3.8) is 0 Å². The Kier molecular flexibility index (Phi) is 6.61. The number of likely N-dealkylation sites (tertiary alicyclic amines) is 1. The number of piperidine rings is 1. The third kappa shape index (κ3) is 5.45. The van der Waals surface area contributed by atoms with Gasteiger partial charge in [0.05, 0.1) is 11.7 Å². The zero-order valence-electron chi connectivity index (χ0n) is 21.2. The van der Waals surface area contributed by atoms with E-state index in [2.05, 4.69) is 20.6 Å². The molecule has 0 unspecified atom stereocenters. The summed E-state index contributed by atoms with van der Waals surface area (Å²) in [7, 11) is 0. The standard InChI is InChI=1S/C26H32N6O5/c1-26(2,3)37-25(35)32-15-16-6-8-19(12-17(16)13-21(32)24(33)34)36-22-14-18(31-10-4-5-11-31)7-9-20(22)23-27-29-30-28-23/h4-5,7,9-11,14,16-17,19,21H,6,8,12-13,15H2,1-3H3,(H,33,34)(H,27,28,29,30)/t16-,17-,19-,21-/m0/s1. The number of rotatable bonds is 5. The van der Waals surface area contributed by atoms with Crippen LogP contribution in [-0.2, 0) is 9.53 Å². The van der Waals surface area contributed by atoms with Crippen LogP contribution >= 0.6 is 0 Å². The molecule has 2 aromatic heterocycles. The van der Waals surface area contributed by atoms with Crippen LogP contribution in [0.1, 0.15) is 46.5 Å². The van der Waals surface area contributed by atoms with Gasteiger partial charge in [-0.05, 0) is 87.8 Å². The minimum Gasteiger partial charge on any atom is -0.490 e. The first kappa shape index (κ1) is 24.8. The van der Waals surface area contributed by atoms with Gasteiger partial charge in [0.15, 0.2) is 0 Å². The molecule has 11 heteroatoms. The van der Waals surface area contributed by atoms with Crippen molar-refractivity contribution in [1.29, 1.82) is 0 Å². The van der Waals surface area contributed by atoms with E-state index in [1.807, 2.05) is 47.3 Å². The molecule has 11 nitrogen and oxygen atoms in total. The molecule has 196 valence electrons. The quantitative estimate of drug-likeness (QED) is 0.529. The second-order valence-electron chi connectivity index (χ2n) is 10.8. The van der Waals surface area contributed by atoms with Gasteiger partial charge in [-0.1, -0.05) is 0 Å². The molecule has 1 aliphatic heterocycles. The number of carbonyl (C=O) groups is 2. The smallest absolute Gasteiger partial charge is 0.411 e. The van der Waals surface area contributed by atoms with E-state index in [1.54, 1.807) is 20.8 Å². The van der Waals surface area contributed by atoms with Gasteiger partial charge in [-0.3, -0.25) is 4.90 Å². The van der Waals surface area contributed by atoms with Crippen LogP contribution in [0.3, 0.4) is 0 Å². The topological polar surface area (TPSA) is 135 Å². The van der Waals surface area contributed by atoms with Gasteiger partial charge in [0, 0.05) is 30.7 Å². The normalized spacial score (nSPS) is 23.8. The van der Waals surface area contributed by atoms with E-state index in [-0.39, 0.29) is 17.9 Å². The first-order valence-electron chi connectivity index (χ1n) is 12.6. The number of aromatic nitrogens is 5. The summed E-state index contributed by atoms with van der Waals surface area (Å²) in [6.45, 7) is 5.72. The maximum atomic E-state index is 12.8. The van der Waals surface area contributed by atoms with E-state index < -0.39 is 23.7 Å². The zero-order valence-corrected chi connectivity index (χ0v) is 21.2. The van der Waals surface area contributed by atoms with Crippen molar-refractivity contribution in [2.75, 3.05) is 6.54 Å². The summed E-state index contributed by atoms with van der Waals surface area (Å²) >= 11 is 0. The molecule has 1 saturated carbocycles. The van der Waals surface area contributed by atoms with Crippen LogP contribution in [0.4, 0.5) is 4.79 Å². The average molecular weight is 509 g/mol. The molecule has 2 fully saturated rings. The fraction of sp³-hybridized carbons (Fsp3) is 0.500. The van der Waals surface area contributed by atoms with E-state index in [0.29, 0.717) is 31.0 Å². The number of hydrogen-bond donors (Lipinski definition) is 2. The van der Waals surface area contributed by atoms with Crippen LogP contribution in [0.2, 0.25) is 0 Å². The highest BCUT2D eigenvalue weighted by Gasteiger charge is 2.45. The SMILES string of the molecule is CC(C)(C)OC(=O)N1C[C@@H]2CC[C@H](Oc3cc(-n4cccc4)ccc3-c3nn[nH]n3)C[C@H]2C[C@H]1C(=O)O. The van der Waals surface area contributed by atoms with Crippen LogP contribution in [0.25, 0.3) is 17.1 Å². The van der Waals surface area contributed by atoms with Gasteiger partial charge in [-0.2, -0.15) is 5.21 Å². The number of carboxylic acids is 1. The Bertz CT molecular complexity index is 1240. The molecule has 3 aromatic rings. The number of ether oxygens (including phenoxy) is 2. The lowest BCUT2D eigenvalue weighted by Gasteiger charge is -2.46. The highest BCUT2D eigenvalue weighted by Crippen LogP contribution is 2.41. The van der Waals surface area contributed by atoms with Crippen molar-refractivity contribution in [2.24, 2.45) is 11.8 Å². The molecule has 2 aliphatic rings. The summed E-state index contributed by atoms with van der Waals surface area (Å²) in [5.74, 6) is 0.410. The van der Waals surface area contributed by atoms with Crippen molar-refractivity contribution in [3.05, 3.63) is 42.7 Å². The molecule has 1 aliphatic carbocycles. The zero-order chi connectivity index (χ0) is 26.2. The Balaban J connectivity index is 1.34. The van der Waals surface area contributed by atoms with Gasteiger partial charge in [0.25, 0.3) is 0 Å². The number of nitrogens with one attached hydrogen (secondary N) is 1. The van der Waals surface area contributed by atoms with Gasteiger partial charge in [0.2, 0.25) is 5.82 Å². The second-order valence-corrected chi connectivity index (χ2v) is 10.8. The summed E-state index contributed by atoms with van der Waals surface area (Å²) < 4.78 is 14.0. The van der Waals surface area contributed by atoms with E-state index in [0.717, 1.165) is 24.1 Å². The molecule has 1 aromatic carbocycles. The average Bonchev–Trinajstić information content (AvgIpc) is 3.57. The number of benzene rings is 1. The Morgan fingerprint density at radius 1 is 1.11 bits per heavy atom. The van der Waals surface area contributed by atoms with Crippen molar-refractivity contribution in [2.45, 2.75) is 64.2 Å². The second kappa shape index (κ2) is 9.87. The molecule has 0 radical (unpaired) electrons. The van der Waals surface area contributed by atoms with Crippen LogP contribution in [-0.4, -0.2) is 71.6 Å². The maximum Gasteiger partial charge on any atom is 0.411 e. The minimum atomic E-state index is -1.01. The lowest BCUT2D eigenvalue weighted by molar-refractivity contribution is -0.147. The summed E-state index contributed by atoms with van der Waals surface area (Å²) in [6.07, 6.45) is 5.95. The third-order valence-electron chi connectivity index (χ3n) is 7.09. The van der Waals surface area contributed by atoms with E-state index in [9.17, 15) is 14.7 Å². The molecule has 1 saturated heterocycles. The van der Waals surface area contributed by atoms with Crippen molar-refractivity contribution >= 4 is 12.1 Å². The predicted octanol–water partition coefficient (Wildman–Crippen LogP) is 3.92. The molecule has 4 atom stereocenters. The number of aromatic amines is 1. The van der Waals surface area contributed by atoms with Crippen LogP contribution in [0, 0.1) is 11.8 Å². The monoisotopic (exact) mass is 508 g/mol. The van der Waals surface area contributed by atoms with E-state index >= 15 is 0 Å². The van der Waals surface area contributed by atoms with Crippen molar-refractivity contribution in [1.82, 2.24) is 30.1 Å². The first-order valence-corrected chi connectivity index (χ1v) is 12.6. The molecule has 0 spiro atoms. The number of carbonyl (C=O) groups excluding carboxylic acids is 1. The Hall–Kier alpha value is -3.89. The third-order valence-corrected chi connectivity index (χ3v) is 7.09. The first-order chi connectivity index (χ1) is 17.7. The van der Waals surface area contributed by atoms with Crippen LogP contribution in [0.5, 0.6) is 5.75 Å². The molecular formula is C26H32N6O5. The Morgan fingerprint density at radius 3 is 2.57 bits per heavy atom. The van der Waals surface area contributed by atoms with Crippen LogP contribution < -0.4 is 4.74 Å². The van der Waals surface area contributed by atoms with E-state index in [1.165, 1.54) is 4.90 Å². The molecule has 37 heavy (non-hydrogen) atoms. The van der Waals surface area contributed by atoms with Crippen molar-refractivity contribution in [3.8, 4) is 22.8 Å². The number of fused-ring (bicyclic) bond motifs is 1. The summed E-state index contributed by atoms with van der Waals surface area (Å²) in [5.41, 5.74) is 0.987. The number of aliphatic carboxylic acids is 1. The van der Waals surface area contributed by atoms with Gasteiger partial charge in [0.1, 0.15) is 17.4 Å².